The molecule has 2 aromatic heterocycles. The van der Waals surface area contributed by atoms with E-state index < -0.39 is 23.3 Å². The number of likely N-dealkylation sites (tertiary alicyclic amines) is 1. The number of carbonyl (C=O) groups excluding carboxylic acids is 2. The normalized spacial score (nSPS) is 27.1. The molecule has 3 aliphatic rings. The van der Waals surface area contributed by atoms with Gasteiger partial charge in [-0.1, -0.05) is 0 Å². The number of carboxylic acid groups (broad SMARTS) is 1. The van der Waals surface area contributed by atoms with Gasteiger partial charge in [-0.3, -0.25) is 19.4 Å². The highest BCUT2D eigenvalue weighted by atomic mass is 32.1. The SMILES string of the molecule is O=C(NCCC1CCCCO1)C1CCN1C1(C(=O)O)CN(c2nccs2)c2ncccc2C1=O. The molecule has 2 aromatic rings. The predicted octanol–water partition coefficient (Wildman–Crippen LogP) is 1.85. The highest BCUT2D eigenvalue weighted by Gasteiger charge is 2.61. The molecule has 1 amide bonds. The molecule has 2 N–H and O–H groups in total. The first-order chi connectivity index (χ1) is 16.5. The first-order valence-corrected chi connectivity index (χ1v) is 12.5. The van der Waals surface area contributed by atoms with E-state index in [1.54, 1.807) is 34.8 Å². The van der Waals surface area contributed by atoms with Gasteiger partial charge in [-0.2, -0.15) is 0 Å². The molecule has 0 radical (unpaired) electrons. The van der Waals surface area contributed by atoms with Crippen LogP contribution in [0, 0.1) is 0 Å². The minimum atomic E-state index is -1.91. The number of hydrogen-bond donors (Lipinski definition) is 2. The lowest BCUT2D eigenvalue weighted by molar-refractivity contribution is -0.156. The molecule has 34 heavy (non-hydrogen) atoms. The Morgan fingerprint density at radius 1 is 1.26 bits per heavy atom. The predicted molar refractivity (Wildman–Crippen MR) is 124 cm³/mol. The molecule has 0 aliphatic carbocycles. The van der Waals surface area contributed by atoms with Crippen LogP contribution in [0.2, 0.25) is 0 Å². The van der Waals surface area contributed by atoms with E-state index in [1.165, 1.54) is 16.2 Å². The number of carboxylic acids is 1. The monoisotopic (exact) mass is 485 g/mol. The lowest BCUT2D eigenvalue weighted by atomic mass is 9.79. The van der Waals surface area contributed by atoms with Crippen molar-refractivity contribution in [1.29, 1.82) is 0 Å². The van der Waals surface area contributed by atoms with Crippen molar-refractivity contribution in [2.75, 3.05) is 31.1 Å². The lowest BCUT2D eigenvalue weighted by Crippen LogP contribution is -2.75. The van der Waals surface area contributed by atoms with Crippen molar-refractivity contribution in [3.63, 3.8) is 0 Å². The Kier molecular flexibility index (Phi) is 6.32. The largest absolute Gasteiger partial charge is 0.479 e. The Morgan fingerprint density at radius 2 is 2.15 bits per heavy atom. The highest BCUT2D eigenvalue weighted by Crippen LogP contribution is 2.42. The number of pyridine rings is 1. The minimum absolute atomic E-state index is 0.146. The van der Waals surface area contributed by atoms with E-state index in [9.17, 15) is 19.5 Å². The summed E-state index contributed by atoms with van der Waals surface area (Å²) in [5.41, 5.74) is -1.69. The Morgan fingerprint density at radius 3 is 2.82 bits per heavy atom. The average Bonchev–Trinajstić information content (AvgIpc) is 3.35. The maximum atomic E-state index is 13.7. The van der Waals surface area contributed by atoms with Gasteiger partial charge in [-0.05, 0) is 44.2 Å². The van der Waals surface area contributed by atoms with Crippen LogP contribution >= 0.6 is 11.3 Å². The Bertz CT molecular complexity index is 1070. The Hall–Kier alpha value is -2.89. The second-order valence-electron chi connectivity index (χ2n) is 8.84. The third kappa shape index (κ3) is 3.87. The second-order valence-corrected chi connectivity index (χ2v) is 9.71. The maximum Gasteiger partial charge on any atom is 0.334 e. The van der Waals surface area contributed by atoms with E-state index in [0.29, 0.717) is 30.5 Å². The van der Waals surface area contributed by atoms with Crippen LogP contribution in [0.5, 0.6) is 0 Å². The third-order valence-electron chi connectivity index (χ3n) is 6.91. The van der Waals surface area contributed by atoms with Crippen LogP contribution in [0.1, 0.15) is 42.5 Å². The van der Waals surface area contributed by atoms with Gasteiger partial charge in [0.15, 0.2) is 10.9 Å². The van der Waals surface area contributed by atoms with Gasteiger partial charge in [-0.15, -0.1) is 11.3 Å². The topological polar surface area (TPSA) is 125 Å². The first-order valence-electron chi connectivity index (χ1n) is 11.6. The molecule has 2 fully saturated rings. The molecule has 3 atom stereocenters. The van der Waals surface area contributed by atoms with Crippen LogP contribution in [-0.2, 0) is 14.3 Å². The molecule has 180 valence electrons. The number of hydrogen-bond acceptors (Lipinski definition) is 9. The van der Waals surface area contributed by atoms with Crippen LogP contribution in [0.3, 0.4) is 0 Å². The van der Waals surface area contributed by atoms with Crippen molar-refractivity contribution in [2.24, 2.45) is 0 Å². The summed E-state index contributed by atoms with van der Waals surface area (Å²) in [6.07, 6.45) is 7.73. The molecule has 5 heterocycles. The van der Waals surface area contributed by atoms with Gasteiger partial charge >= 0.3 is 5.97 Å². The number of carbonyl (C=O) groups is 3. The molecular formula is C23H27N5O5S. The summed E-state index contributed by atoms with van der Waals surface area (Å²) in [7, 11) is 0. The van der Waals surface area contributed by atoms with Crippen molar-refractivity contribution in [3.8, 4) is 0 Å². The molecule has 0 aromatic carbocycles. The second kappa shape index (κ2) is 9.40. The lowest BCUT2D eigenvalue weighted by Gasteiger charge is -2.52. The summed E-state index contributed by atoms with van der Waals surface area (Å²) in [4.78, 5) is 51.3. The molecule has 0 bridgehead atoms. The number of amides is 1. The van der Waals surface area contributed by atoms with Gasteiger partial charge in [0, 0.05) is 37.5 Å². The molecule has 0 spiro atoms. The van der Waals surface area contributed by atoms with Crippen LogP contribution in [0.15, 0.2) is 29.9 Å². The Balaban J connectivity index is 1.38. The number of anilines is 2. The van der Waals surface area contributed by atoms with Crippen LogP contribution in [0.25, 0.3) is 0 Å². The molecular weight excluding hydrogens is 458 g/mol. The number of ketones is 1. The van der Waals surface area contributed by atoms with Gasteiger partial charge in [0.2, 0.25) is 11.4 Å². The number of thiazole rings is 1. The summed E-state index contributed by atoms with van der Waals surface area (Å²) in [6, 6.07) is 2.51. The molecule has 2 saturated heterocycles. The number of nitrogens with one attached hydrogen (secondary N) is 1. The van der Waals surface area contributed by atoms with Gasteiger partial charge in [-0.25, -0.2) is 14.8 Å². The van der Waals surface area contributed by atoms with E-state index >= 15 is 0 Å². The molecule has 11 heteroatoms. The van der Waals surface area contributed by atoms with Crippen molar-refractivity contribution in [2.45, 2.75) is 49.8 Å². The number of nitrogens with zero attached hydrogens (tertiary/aromatic N) is 4. The molecule has 10 nitrogen and oxygen atoms in total. The fourth-order valence-electron chi connectivity index (χ4n) is 5.03. The standard InChI is InChI=1S/C23H27N5O5S/c29-18-16-5-3-8-24-19(16)27(22-26-10-13-34-22)14-23(18,21(31)32)28-11-7-17(28)20(30)25-9-6-15-4-1-2-12-33-15/h3,5,8,10,13,15,17H,1-2,4,6-7,9,11-12,14H2,(H,25,30)(H,31,32). The highest BCUT2D eigenvalue weighted by molar-refractivity contribution is 7.13. The molecule has 3 unspecified atom stereocenters. The summed E-state index contributed by atoms with van der Waals surface area (Å²) < 4.78 is 5.72. The molecule has 0 saturated carbocycles. The number of fused-ring (bicyclic) bond motifs is 1. The van der Waals surface area contributed by atoms with Crippen molar-refractivity contribution < 1.29 is 24.2 Å². The zero-order valence-corrected chi connectivity index (χ0v) is 19.5. The molecule has 5 rings (SSSR count). The number of ether oxygens (including phenoxy) is 1. The van der Waals surface area contributed by atoms with Gasteiger partial charge in [0.25, 0.3) is 0 Å². The first kappa shape index (κ1) is 22.9. The van der Waals surface area contributed by atoms with Crippen LogP contribution < -0.4 is 10.2 Å². The fraction of sp³-hybridized carbons (Fsp3) is 0.522. The van der Waals surface area contributed by atoms with E-state index in [0.717, 1.165) is 32.3 Å². The smallest absolute Gasteiger partial charge is 0.334 e. The van der Waals surface area contributed by atoms with Crippen molar-refractivity contribution in [1.82, 2.24) is 20.2 Å². The van der Waals surface area contributed by atoms with Gasteiger partial charge in [0.1, 0.15) is 5.82 Å². The summed E-state index contributed by atoms with van der Waals surface area (Å²) >= 11 is 1.34. The van der Waals surface area contributed by atoms with Crippen LogP contribution in [-0.4, -0.2) is 81.6 Å². The number of aliphatic carboxylic acids is 1. The zero-order valence-electron chi connectivity index (χ0n) is 18.7. The zero-order chi connectivity index (χ0) is 23.7. The van der Waals surface area contributed by atoms with E-state index in [2.05, 4.69) is 15.3 Å². The number of aromatic nitrogens is 2. The number of rotatable bonds is 7. The van der Waals surface area contributed by atoms with E-state index in [-0.39, 0.29) is 24.1 Å². The van der Waals surface area contributed by atoms with Crippen LogP contribution in [0.4, 0.5) is 10.9 Å². The maximum absolute atomic E-state index is 13.7. The van der Waals surface area contributed by atoms with Crippen molar-refractivity contribution in [3.05, 3.63) is 35.5 Å². The van der Waals surface area contributed by atoms with E-state index in [1.807, 2.05) is 0 Å². The van der Waals surface area contributed by atoms with Gasteiger partial charge < -0.3 is 15.2 Å². The van der Waals surface area contributed by atoms with E-state index in [4.69, 9.17) is 4.74 Å². The fourth-order valence-corrected chi connectivity index (χ4v) is 5.67. The summed E-state index contributed by atoms with van der Waals surface area (Å²) in [6.45, 7) is 1.38. The quantitative estimate of drug-likeness (QED) is 0.565. The van der Waals surface area contributed by atoms with Gasteiger partial charge in [0.05, 0.1) is 24.3 Å². The summed E-state index contributed by atoms with van der Waals surface area (Å²) in [5.74, 6) is -1.70. The Labute approximate surface area is 200 Å². The summed E-state index contributed by atoms with van der Waals surface area (Å²) in [5, 5.41) is 15.7. The average molecular weight is 486 g/mol. The minimum Gasteiger partial charge on any atom is -0.479 e. The molecule has 3 aliphatic heterocycles. The third-order valence-corrected chi connectivity index (χ3v) is 7.70. The number of Topliss-reactive ketones (excluding diaryl/α,β-unsaturated/α-hetero) is 1. The van der Waals surface area contributed by atoms with Crippen molar-refractivity contribution >= 4 is 39.9 Å².